The molecule has 2 aliphatic rings. The first-order valence-electron chi connectivity index (χ1n) is 11.3. The summed E-state index contributed by atoms with van der Waals surface area (Å²) in [5, 5.41) is 2.89. The second-order valence-corrected chi connectivity index (χ2v) is 8.77. The van der Waals surface area contributed by atoms with E-state index in [-0.39, 0.29) is 30.7 Å². The van der Waals surface area contributed by atoms with E-state index in [0.717, 1.165) is 23.4 Å². The molecular formula is C25H23F4N5O. The lowest BCUT2D eigenvalue weighted by Gasteiger charge is -2.49. The molecule has 0 bridgehead atoms. The molecule has 2 aliphatic heterocycles. The first-order valence-corrected chi connectivity index (χ1v) is 11.3. The molecule has 6 nitrogen and oxygen atoms in total. The van der Waals surface area contributed by atoms with Crippen LogP contribution in [0.4, 0.5) is 29.1 Å². The molecule has 2 atom stereocenters. The second kappa shape index (κ2) is 9.16. The van der Waals surface area contributed by atoms with E-state index >= 15 is 0 Å². The number of rotatable bonds is 4. The van der Waals surface area contributed by atoms with E-state index in [2.05, 4.69) is 15.3 Å². The summed E-state index contributed by atoms with van der Waals surface area (Å²) in [6, 6.07) is 9.31. The zero-order valence-electron chi connectivity index (χ0n) is 18.7. The summed E-state index contributed by atoms with van der Waals surface area (Å²) in [5.41, 5.74) is 1.24. The van der Waals surface area contributed by atoms with Gasteiger partial charge in [0.2, 0.25) is 5.91 Å². The van der Waals surface area contributed by atoms with Crippen molar-refractivity contribution in [3.8, 4) is 0 Å². The number of hydrogen-bond acceptors (Lipinski definition) is 5. The number of fused-ring (bicyclic) bond motifs is 3. The fourth-order valence-electron chi connectivity index (χ4n) is 4.88. The Balaban J connectivity index is 1.43. The van der Waals surface area contributed by atoms with E-state index in [0.29, 0.717) is 31.0 Å². The van der Waals surface area contributed by atoms with Gasteiger partial charge in [-0.3, -0.25) is 9.78 Å². The topological polar surface area (TPSA) is 61.4 Å². The van der Waals surface area contributed by atoms with Crippen LogP contribution in [-0.2, 0) is 23.9 Å². The summed E-state index contributed by atoms with van der Waals surface area (Å²) in [4.78, 5) is 25.9. The highest BCUT2D eigenvalue weighted by molar-refractivity contribution is 5.82. The van der Waals surface area contributed by atoms with Gasteiger partial charge in [0.1, 0.15) is 11.6 Å². The molecule has 182 valence electrons. The van der Waals surface area contributed by atoms with Gasteiger partial charge in [-0.15, -0.1) is 0 Å². The Kier molecular flexibility index (Phi) is 6.04. The molecule has 0 spiro atoms. The average Bonchev–Trinajstić information content (AvgIpc) is 2.87. The van der Waals surface area contributed by atoms with Crippen molar-refractivity contribution in [2.24, 2.45) is 5.92 Å². The molecule has 0 saturated carbocycles. The van der Waals surface area contributed by atoms with Crippen LogP contribution in [0.3, 0.4) is 0 Å². The number of hydrogen-bond donors (Lipinski definition) is 1. The monoisotopic (exact) mass is 485 g/mol. The third-order valence-electron chi connectivity index (χ3n) is 6.63. The Hall–Kier alpha value is -3.69. The van der Waals surface area contributed by atoms with Gasteiger partial charge in [0.25, 0.3) is 0 Å². The highest BCUT2D eigenvalue weighted by Gasteiger charge is 2.43. The van der Waals surface area contributed by atoms with Crippen molar-refractivity contribution in [2.45, 2.75) is 25.2 Å². The Morgan fingerprint density at radius 1 is 1.09 bits per heavy atom. The van der Waals surface area contributed by atoms with Crippen LogP contribution < -0.4 is 15.1 Å². The Morgan fingerprint density at radius 2 is 1.89 bits per heavy atom. The lowest BCUT2D eigenvalue weighted by atomic mass is 9.82. The molecule has 3 heterocycles. The quantitative estimate of drug-likeness (QED) is 0.570. The van der Waals surface area contributed by atoms with E-state index in [4.69, 9.17) is 0 Å². The third kappa shape index (κ3) is 4.78. The maximum absolute atomic E-state index is 13.4. The molecule has 10 heteroatoms. The molecule has 35 heavy (non-hydrogen) atoms. The van der Waals surface area contributed by atoms with Gasteiger partial charge in [0.15, 0.2) is 0 Å². The number of carbonyl (C=O) groups is 1. The first-order chi connectivity index (χ1) is 16.8. The molecule has 1 N–H and O–H groups in total. The predicted octanol–water partition coefficient (Wildman–Crippen LogP) is 3.82. The normalized spacial score (nSPS) is 19.7. The summed E-state index contributed by atoms with van der Waals surface area (Å²) in [5.74, 6) is -0.512. The standard InChI is InChI=1S/C25H23F4N5O/c26-19-4-1-16(2-5-19)13-32-24(35)20-12-17-11-18(25(27,28)29)3-6-21(17)34-10-9-33(15-22(20)34)23-14-30-7-8-31-23/h1-8,11,14,20,22H,9-10,12-13,15H2,(H,32,35)/t20-,22+/m0/s1. The number of piperazine rings is 1. The van der Waals surface area contributed by atoms with Crippen LogP contribution >= 0.6 is 0 Å². The molecule has 0 aliphatic carbocycles. The minimum atomic E-state index is -4.46. The largest absolute Gasteiger partial charge is 0.416 e. The maximum atomic E-state index is 13.4. The van der Waals surface area contributed by atoms with E-state index in [1.165, 1.54) is 18.2 Å². The van der Waals surface area contributed by atoms with Crippen molar-refractivity contribution >= 4 is 17.4 Å². The molecule has 1 saturated heterocycles. The fraction of sp³-hybridized carbons (Fsp3) is 0.320. The highest BCUT2D eigenvalue weighted by atomic mass is 19.4. The molecule has 5 rings (SSSR count). The zero-order valence-corrected chi connectivity index (χ0v) is 18.7. The van der Waals surface area contributed by atoms with E-state index < -0.39 is 17.7 Å². The fourth-order valence-corrected chi connectivity index (χ4v) is 4.88. The summed E-state index contributed by atoms with van der Waals surface area (Å²) in [7, 11) is 0. The molecule has 2 aromatic carbocycles. The number of halogens is 4. The van der Waals surface area contributed by atoms with Gasteiger partial charge in [0, 0.05) is 44.3 Å². The van der Waals surface area contributed by atoms with Gasteiger partial charge >= 0.3 is 6.18 Å². The van der Waals surface area contributed by atoms with Crippen LogP contribution in [0.1, 0.15) is 16.7 Å². The van der Waals surface area contributed by atoms with E-state index in [1.807, 2.05) is 9.80 Å². The Labute approximate surface area is 199 Å². The SMILES string of the molecule is O=C(NCc1ccc(F)cc1)[C@H]1Cc2cc(C(F)(F)F)ccc2N2CCN(c3cnccn3)C[C@H]12. The average molecular weight is 485 g/mol. The first kappa shape index (κ1) is 23.1. The number of carbonyl (C=O) groups excluding carboxylic acids is 1. The minimum absolute atomic E-state index is 0.185. The van der Waals surface area contributed by atoms with E-state index in [1.54, 1.807) is 30.7 Å². The molecular weight excluding hydrogens is 462 g/mol. The van der Waals surface area contributed by atoms with Crippen LogP contribution in [0.25, 0.3) is 0 Å². The van der Waals surface area contributed by atoms with Crippen LogP contribution in [0, 0.1) is 11.7 Å². The van der Waals surface area contributed by atoms with Crippen molar-refractivity contribution < 1.29 is 22.4 Å². The summed E-state index contributed by atoms with van der Waals surface area (Å²) in [6.45, 7) is 1.81. The number of benzene rings is 2. The van der Waals surface area contributed by atoms with Crippen molar-refractivity contribution in [3.05, 3.63) is 83.6 Å². The lowest BCUT2D eigenvalue weighted by Crippen LogP contribution is -2.61. The summed E-state index contributed by atoms with van der Waals surface area (Å²) in [6.07, 6.45) is 0.566. The minimum Gasteiger partial charge on any atom is -0.364 e. The van der Waals surface area contributed by atoms with Crippen LogP contribution in [0.5, 0.6) is 0 Å². The Morgan fingerprint density at radius 3 is 2.60 bits per heavy atom. The zero-order chi connectivity index (χ0) is 24.6. The van der Waals surface area contributed by atoms with Gasteiger partial charge in [-0.25, -0.2) is 9.37 Å². The molecule has 0 radical (unpaired) electrons. The van der Waals surface area contributed by atoms with Gasteiger partial charge in [-0.2, -0.15) is 13.2 Å². The number of alkyl halides is 3. The van der Waals surface area contributed by atoms with Crippen LogP contribution in [0.2, 0.25) is 0 Å². The van der Waals surface area contributed by atoms with Crippen molar-refractivity contribution in [1.29, 1.82) is 0 Å². The van der Waals surface area contributed by atoms with Gasteiger partial charge in [-0.05, 0) is 47.9 Å². The number of aromatic nitrogens is 2. The van der Waals surface area contributed by atoms with Gasteiger partial charge in [-0.1, -0.05) is 12.1 Å². The number of nitrogens with one attached hydrogen (secondary N) is 1. The van der Waals surface area contributed by atoms with Crippen LogP contribution in [-0.4, -0.2) is 41.6 Å². The molecule has 1 aromatic heterocycles. The number of nitrogens with zero attached hydrogens (tertiary/aromatic N) is 4. The van der Waals surface area contributed by atoms with Crippen molar-refractivity contribution in [2.75, 3.05) is 29.4 Å². The number of anilines is 2. The predicted molar refractivity (Wildman–Crippen MR) is 122 cm³/mol. The summed E-state index contributed by atoms with van der Waals surface area (Å²) >= 11 is 0. The molecule has 3 aromatic rings. The van der Waals surface area contributed by atoms with E-state index in [9.17, 15) is 22.4 Å². The molecule has 0 unspecified atom stereocenters. The van der Waals surface area contributed by atoms with Crippen molar-refractivity contribution in [1.82, 2.24) is 15.3 Å². The highest BCUT2D eigenvalue weighted by Crippen LogP contribution is 2.40. The van der Waals surface area contributed by atoms with Crippen LogP contribution in [0.15, 0.2) is 61.1 Å². The third-order valence-corrected chi connectivity index (χ3v) is 6.63. The Bertz CT molecular complexity index is 1200. The summed E-state index contributed by atoms with van der Waals surface area (Å²) < 4.78 is 53.4. The van der Waals surface area contributed by atoms with Crippen molar-refractivity contribution in [3.63, 3.8) is 0 Å². The maximum Gasteiger partial charge on any atom is 0.416 e. The van der Waals surface area contributed by atoms with Gasteiger partial charge in [0.05, 0.1) is 23.7 Å². The number of amides is 1. The molecule has 1 amide bonds. The van der Waals surface area contributed by atoms with Gasteiger partial charge < -0.3 is 15.1 Å². The molecule has 1 fully saturated rings. The second-order valence-electron chi connectivity index (χ2n) is 8.77. The smallest absolute Gasteiger partial charge is 0.364 e. The lowest BCUT2D eigenvalue weighted by molar-refractivity contribution is -0.137.